The van der Waals surface area contributed by atoms with E-state index in [0.29, 0.717) is 41.0 Å². The number of aliphatic hydroxyl groups is 1. The van der Waals surface area contributed by atoms with Crippen molar-refractivity contribution in [3.63, 3.8) is 0 Å². The highest BCUT2D eigenvalue weighted by Gasteiger charge is 2.32. The summed E-state index contributed by atoms with van der Waals surface area (Å²) < 4.78 is 24.3. The van der Waals surface area contributed by atoms with Crippen molar-refractivity contribution in [2.24, 2.45) is 0 Å². The lowest BCUT2D eigenvalue weighted by atomic mass is 10.2. The van der Waals surface area contributed by atoms with Gasteiger partial charge in [0, 0.05) is 22.7 Å². The fourth-order valence-electron chi connectivity index (χ4n) is 3.37. The second-order valence-corrected chi connectivity index (χ2v) is 7.49. The van der Waals surface area contributed by atoms with Gasteiger partial charge in [-0.2, -0.15) is 0 Å². The predicted octanol–water partition coefficient (Wildman–Crippen LogP) is 4.49. The summed E-state index contributed by atoms with van der Waals surface area (Å²) in [7, 11) is 0. The van der Waals surface area contributed by atoms with Gasteiger partial charge in [0.1, 0.15) is 35.6 Å². The summed E-state index contributed by atoms with van der Waals surface area (Å²) in [5.41, 5.74) is 2.59. The summed E-state index contributed by atoms with van der Waals surface area (Å²) in [6.45, 7) is 1.17. The maximum atomic E-state index is 13.2. The molecule has 2 N–H and O–H groups in total. The Bertz CT molecular complexity index is 1140. The highest BCUT2D eigenvalue weighted by Crippen LogP contribution is 2.38. The fraction of sp³-hybridized carbons (Fsp3) is 0.143. The zero-order valence-corrected chi connectivity index (χ0v) is 16.0. The number of hydrogen-bond donors (Lipinski definition) is 2. The average molecular weight is 409 g/mol. The molecule has 0 bridgehead atoms. The molecule has 5 rings (SSSR count). The van der Waals surface area contributed by atoms with E-state index < -0.39 is 0 Å². The van der Waals surface area contributed by atoms with Gasteiger partial charge < -0.3 is 19.5 Å². The number of nitrogens with zero attached hydrogens (tertiary/aromatic N) is 2. The molecule has 0 saturated carbocycles. The van der Waals surface area contributed by atoms with E-state index in [1.54, 1.807) is 17.0 Å². The number of benzene rings is 2. The van der Waals surface area contributed by atoms with E-state index in [0.717, 1.165) is 11.3 Å². The smallest absolute Gasteiger partial charge is 0.163 e. The number of nitrogens with one attached hydrogen (secondary N) is 1. The van der Waals surface area contributed by atoms with E-state index in [-0.39, 0.29) is 24.0 Å². The van der Waals surface area contributed by atoms with Crippen molar-refractivity contribution in [1.82, 2.24) is 4.98 Å². The van der Waals surface area contributed by atoms with Gasteiger partial charge in [-0.25, -0.2) is 9.37 Å². The summed E-state index contributed by atoms with van der Waals surface area (Å²) in [4.78, 5) is 6.25. The number of rotatable bonds is 3. The van der Waals surface area contributed by atoms with Gasteiger partial charge in [0.2, 0.25) is 0 Å². The molecule has 6 nitrogen and oxygen atoms in total. The van der Waals surface area contributed by atoms with Crippen LogP contribution in [0.25, 0.3) is 16.8 Å². The molecule has 0 unspecified atom stereocenters. The summed E-state index contributed by atoms with van der Waals surface area (Å²) in [5, 5.41) is 21.5. The van der Waals surface area contributed by atoms with Crippen LogP contribution in [0, 0.1) is 11.2 Å². The quantitative estimate of drug-likeness (QED) is 0.667. The monoisotopic (exact) mass is 409 g/mol. The summed E-state index contributed by atoms with van der Waals surface area (Å²) in [6.07, 6.45) is 0. The number of amidine groups is 1. The minimum Gasteiger partial charge on any atom is -0.510 e. The van der Waals surface area contributed by atoms with E-state index in [4.69, 9.17) is 14.9 Å². The van der Waals surface area contributed by atoms with Crippen molar-refractivity contribution in [2.75, 3.05) is 24.7 Å². The molecular weight excluding hydrogens is 393 g/mol. The lowest BCUT2D eigenvalue weighted by molar-refractivity contribution is 0.171. The van der Waals surface area contributed by atoms with Gasteiger partial charge in [-0.05, 0) is 36.4 Å². The maximum Gasteiger partial charge on any atom is 0.163 e. The Labute approximate surface area is 170 Å². The van der Waals surface area contributed by atoms with Crippen LogP contribution in [0.5, 0.6) is 11.5 Å². The van der Waals surface area contributed by atoms with E-state index >= 15 is 0 Å². The van der Waals surface area contributed by atoms with Crippen LogP contribution in [0.1, 0.15) is 5.01 Å². The van der Waals surface area contributed by atoms with Gasteiger partial charge in [0.25, 0.3) is 0 Å². The molecule has 3 heterocycles. The summed E-state index contributed by atoms with van der Waals surface area (Å²) in [5.74, 6) is 1.25. The van der Waals surface area contributed by atoms with Gasteiger partial charge in [0.05, 0.1) is 17.8 Å². The molecule has 0 aliphatic carbocycles. The van der Waals surface area contributed by atoms with Gasteiger partial charge in [-0.3, -0.25) is 5.41 Å². The highest BCUT2D eigenvalue weighted by atomic mass is 32.1. The third-order valence-corrected chi connectivity index (χ3v) is 5.66. The Morgan fingerprint density at radius 3 is 2.62 bits per heavy atom. The first-order valence-electron chi connectivity index (χ1n) is 9.00. The van der Waals surface area contributed by atoms with Crippen molar-refractivity contribution in [2.45, 2.75) is 0 Å². The molecule has 3 aromatic rings. The number of ether oxygens (including phenoxy) is 2. The Morgan fingerprint density at radius 1 is 1.07 bits per heavy atom. The minimum absolute atomic E-state index is 0.0879. The Kier molecular flexibility index (Phi) is 4.21. The van der Waals surface area contributed by atoms with E-state index in [1.165, 1.54) is 23.5 Å². The topological polar surface area (TPSA) is 78.7 Å². The third-order valence-electron chi connectivity index (χ3n) is 4.80. The van der Waals surface area contributed by atoms with Gasteiger partial charge >= 0.3 is 0 Å². The van der Waals surface area contributed by atoms with Crippen molar-refractivity contribution in [3.05, 3.63) is 64.4 Å². The molecule has 8 heteroatoms. The van der Waals surface area contributed by atoms with Crippen LogP contribution in [0.3, 0.4) is 0 Å². The van der Waals surface area contributed by atoms with E-state index in [1.807, 2.05) is 23.6 Å². The summed E-state index contributed by atoms with van der Waals surface area (Å²) in [6, 6.07) is 11.5. The molecule has 0 fully saturated rings. The normalized spacial score (nSPS) is 15.9. The first kappa shape index (κ1) is 17.7. The standard InChI is InChI=1S/C21H16FN3O3S/c22-13-3-1-12(2-4-13)15-11-29-21(24-15)19-16(26)10-25(20(19)23)14-5-6-17-18(9-14)28-8-7-27-17/h1-6,9,11,23,26H,7-8,10H2. The highest BCUT2D eigenvalue weighted by molar-refractivity contribution is 7.11. The van der Waals surface area contributed by atoms with Crippen LogP contribution in [-0.2, 0) is 0 Å². The van der Waals surface area contributed by atoms with Gasteiger partial charge in [0.15, 0.2) is 11.5 Å². The summed E-state index contributed by atoms with van der Waals surface area (Å²) >= 11 is 1.34. The number of fused-ring (bicyclic) bond motifs is 1. The SMILES string of the molecule is N=C1C(c2nc(-c3ccc(F)cc3)cs2)=C(O)CN1c1ccc2c(c1)OCCO2. The molecule has 0 spiro atoms. The van der Waals surface area contributed by atoms with Crippen LogP contribution < -0.4 is 14.4 Å². The fourth-order valence-corrected chi connectivity index (χ4v) is 4.26. The van der Waals surface area contributed by atoms with Crippen molar-refractivity contribution < 1.29 is 19.0 Å². The van der Waals surface area contributed by atoms with Gasteiger partial charge in [-0.1, -0.05) is 0 Å². The van der Waals surface area contributed by atoms with Crippen LogP contribution >= 0.6 is 11.3 Å². The first-order valence-corrected chi connectivity index (χ1v) is 9.88. The predicted molar refractivity (Wildman–Crippen MR) is 110 cm³/mol. The molecule has 2 aromatic carbocycles. The number of anilines is 1. The molecule has 0 saturated heterocycles. The van der Waals surface area contributed by atoms with Gasteiger partial charge in [-0.15, -0.1) is 11.3 Å². The largest absolute Gasteiger partial charge is 0.510 e. The molecule has 2 aliphatic rings. The van der Waals surface area contributed by atoms with Crippen molar-refractivity contribution >= 4 is 28.4 Å². The van der Waals surface area contributed by atoms with Crippen LogP contribution in [0.2, 0.25) is 0 Å². The number of hydrogen-bond acceptors (Lipinski definition) is 6. The second kappa shape index (κ2) is 6.89. The zero-order chi connectivity index (χ0) is 20.0. The molecule has 1 aromatic heterocycles. The van der Waals surface area contributed by atoms with Crippen LogP contribution in [-0.4, -0.2) is 35.7 Å². The van der Waals surface area contributed by atoms with Crippen molar-refractivity contribution in [3.8, 4) is 22.8 Å². The second-order valence-electron chi connectivity index (χ2n) is 6.63. The molecule has 0 radical (unpaired) electrons. The number of halogens is 1. The van der Waals surface area contributed by atoms with E-state index in [9.17, 15) is 9.50 Å². The molecule has 2 aliphatic heterocycles. The van der Waals surface area contributed by atoms with Crippen molar-refractivity contribution in [1.29, 1.82) is 5.41 Å². The molecule has 0 amide bonds. The van der Waals surface area contributed by atoms with Crippen LogP contribution in [0.15, 0.2) is 53.6 Å². The third kappa shape index (κ3) is 3.11. The first-order chi connectivity index (χ1) is 14.1. The lowest BCUT2D eigenvalue weighted by Crippen LogP contribution is -2.26. The Morgan fingerprint density at radius 2 is 1.83 bits per heavy atom. The lowest BCUT2D eigenvalue weighted by Gasteiger charge is -2.23. The molecular formula is C21H16FN3O3S. The minimum atomic E-state index is -0.308. The molecule has 0 atom stereocenters. The molecule has 29 heavy (non-hydrogen) atoms. The number of aromatic nitrogens is 1. The zero-order valence-electron chi connectivity index (χ0n) is 15.2. The average Bonchev–Trinajstić information content (AvgIpc) is 3.32. The van der Waals surface area contributed by atoms with Crippen LogP contribution in [0.4, 0.5) is 10.1 Å². The molecule has 146 valence electrons. The Balaban J connectivity index is 1.43. The Hall–Kier alpha value is -3.39. The number of thiazole rings is 1. The number of aliphatic hydroxyl groups excluding tert-OH is 1. The van der Waals surface area contributed by atoms with E-state index in [2.05, 4.69) is 4.98 Å². The maximum absolute atomic E-state index is 13.2.